The van der Waals surface area contributed by atoms with Gasteiger partial charge >= 0.3 is 12.1 Å². The molecule has 1 N–H and O–H groups in total. The van der Waals surface area contributed by atoms with E-state index in [1.165, 1.54) is 0 Å². The summed E-state index contributed by atoms with van der Waals surface area (Å²) in [5.74, 6) is -1.75. The SMILES string of the molecule is O=C(O)c1ncc(C(F)F)c(C(F)(F)F)c1Br. The second-order valence-corrected chi connectivity index (χ2v) is 3.65. The first kappa shape index (κ1) is 13.8. The Balaban J connectivity index is 3.59. The summed E-state index contributed by atoms with van der Waals surface area (Å²) in [4.78, 5) is 13.6. The molecule has 0 aromatic carbocycles. The number of aromatic carboxylic acids is 1. The molecule has 0 bridgehead atoms. The first-order valence-electron chi connectivity index (χ1n) is 3.93. The molecule has 1 rings (SSSR count). The van der Waals surface area contributed by atoms with Crippen LogP contribution in [-0.2, 0) is 6.18 Å². The molecule has 0 amide bonds. The van der Waals surface area contributed by atoms with E-state index in [9.17, 15) is 26.7 Å². The molecule has 0 fully saturated rings. The van der Waals surface area contributed by atoms with E-state index in [0.29, 0.717) is 0 Å². The van der Waals surface area contributed by atoms with Crippen LogP contribution in [0, 0.1) is 0 Å². The molecule has 1 heterocycles. The molecular weight excluding hydrogens is 317 g/mol. The molecule has 9 heteroatoms. The Bertz CT molecular complexity index is 460. The highest BCUT2D eigenvalue weighted by Crippen LogP contribution is 2.41. The molecule has 0 aliphatic carbocycles. The second-order valence-electron chi connectivity index (χ2n) is 2.85. The van der Waals surface area contributed by atoms with Crippen molar-refractivity contribution in [2.75, 3.05) is 0 Å². The quantitative estimate of drug-likeness (QED) is 0.849. The van der Waals surface area contributed by atoms with Gasteiger partial charge < -0.3 is 5.11 Å². The molecule has 1 aromatic heterocycles. The third kappa shape index (κ3) is 2.71. The van der Waals surface area contributed by atoms with Gasteiger partial charge in [-0.15, -0.1) is 0 Å². The second kappa shape index (κ2) is 4.55. The van der Waals surface area contributed by atoms with Crippen molar-refractivity contribution < 1.29 is 31.9 Å². The maximum absolute atomic E-state index is 12.5. The van der Waals surface area contributed by atoms with Gasteiger partial charge in [-0.25, -0.2) is 18.6 Å². The van der Waals surface area contributed by atoms with Gasteiger partial charge in [0.25, 0.3) is 6.43 Å². The minimum Gasteiger partial charge on any atom is -0.476 e. The first-order chi connectivity index (χ1) is 7.66. The molecule has 0 unspecified atom stereocenters. The minimum absolute atomic E-state index is 0.210. The molecule has 0 saturated heterocycles. The Labute approximate surface area is 99.4 Å². The molecule has 0 saturated carbocycles. The van der Waals surface area contributed by atoms with Crippen LogP contribution in [0.3, 0.4) is 0 Å². The fourth-order valence-electron chi connectivity index (χ4n) is 1.10. The number of pyridine rings is 1. The standard InChI is InChI=1S/C8H3BrF5NO2/c9-4-3(8(12,13)14)2(6(10)11)1-15-5(4)7(16)17/h1,6H,(H,16,17). The van der Waals surface area contributed by atoms with E-state index >= 15 is 0 Å². The lowest BCUT2D eigenvalue weighted by Crippen LogP contribution is -2.15. The number of hydrogen-bond acceptors (Lipinski definition) is 2. The third-order valence-corrected chi connectivity index (χ3v) is 2.54. The zero-order valence-corrected chi connectivity index (χ0v) is 9.31. The van der Waals surface area contributed by atoms with Crippen molar-refractivity contribution in [3.05, 3.63) is 27.5 Å². The van der Waals surface area contributed by atoms with E-state index in [1.54, 1.807) is 0 Å². The molecular formula is C8H3BrF5NO2. The number of aromatic nitrogens is 1. The highest BCUT2D eigenvalue weighted by Gasteiger charge is 2.40. The summed E-state index contributed by atoms with van der Waals surface area (Å²) in [6, 6.07) is 0. The largest absolute Gasteiger partial charge is 0.476 e. The molecule has 0 atom stereocenters. The molecule has 0 aliphatic heterocycles. The lowest BCUT2D eigenvalue weighted by atomic mass is 10.1. The van der Waals surface area contributed by atoms with Crippen molar-refractivity contribution >= 4 is 21.9 Å². The van der Waals surface area contributed by atoms with Crippen LogP contribution in [0.15, 0.2) is 10.7 Å². The Morgan fingerprint density at radius 2 is 1.94 bits per heavy atom. The molecule has 94 valence electrons. The molecule has 0 radical (unpaired) electrons. The van der Waals surface area contributed by atoms with Gasteiger partial charge in [0, 0.05) is 11.8 Å². The maximum Gasteiger partial charge on any atom is 0.418 e. The van der Waals surface area contributed by atoms with Crippen molar-refractivity contribution in [3.8, 4) is 0 Å². The average Bonchev–Trinajstić information content (AvgIpc) is 2.14. The van der Waals surface area contributed by atoms with E-state index in [2.05, 4.69) is 20.9 Å². The molecule has 17 heavy (non-hydrogen) atoms. The number of nitrogens with zero attached hydrogens (tertiary/aromatic N) is 1. The summed E-state index contributed by atoms with van der Waals surface area (Å²) in [5.41, 5.74) is -4.06. The van der Waals surface area contributed by atoms with Crippen LogP contribution in [0.2, 0.25) is 0 Å². The average molecular weight is 320 g/mol. The molecule has 0 spiro atoms. The fourth-order valence-corrected chi connectivity index (χ4v) is 1.83. The van der Waals surface area contributed by atoms with Gasteiger partial charge in [-0.1, -0.05) is 0 Å². The zero-order chi connectivity index (χ0) is 13.4. The van der Waals surface area contributed by atoms with Crippen molar-refractivity contribution in [1.29, 1.82) is 0 Å². The van der Waals surface area contributed by atoms with Gasteiger partial charge in [-0.2, -0.15) is 13.2 Å². The van der Waals surface area contributed by atoms with E-state index in [1.807, 2.05) is 0 Å². The zero-order valence-electron chi connectivity index (χ0n) is 7.73. The lowest BCUT2D eigenvalue weighted by molar-refractivity contribution is -0.140. The number of halogens is 6. The van der Waals surface area contributed by atoms with Crippen LogP contribution in [0.1, 0.15) is 28.0 Å². The van der Waals surface area contributed by atoms with Gasteiger partial charge in [-0.3, -0.25) is 0 Å². The molecule has 1 aromatic rings. The van der Waals surface area contributed by atoms with Crippen LogP contribution >= 0.6 is 15.9 Å². The number of alkyl halides is 5. The summed E-state index contributed by atoms with van der Waals surface area (Å²) in [5, 5.41) is 8.54. The van der Waals surface area contributed by atoms with E-state index < -0.39 is 39.9 Å². The summed E-state index contributed by atoms with van der Waals surface area (Å²) in [6.07, 6.45) is -8.29. The van der Waals surface area contributed by atoms with E-state index in [-0.39, 0.29) is 6.20 Å². The van der Waals surface area contributed by atoms with Crippen LogP contribution in [-0.4, -0.2) is 16.1 Å². The van der Waals surface area contributed by atoms with Crippen molar-refractivity contribution in [2.45, 2.75) is 12.6 Å². The van der Waals surface area contributed by atoms with Gasteiger partial charge in [0.2, 0.25) is 0 Å². The number of carboxylic acid groups (broad SMARTS) is 1. The van der Waals surface area contributed by atoms with Crippen molar-refractivity contribution in [2.24, 2.45) is 0 Å². The smallest absolute Gasteiger partial charge is 0.418 e. The van der Waals surface area contributed by atoms with Gasteiger partial charge in [-0.05, 0) is 15.9 Å². The summed E-state index contributed by atoms with van der Waals surface area (Å²) in [6.45, 7) is 0. The maximum atomic E-state index is 12.5. The van der Waals surface area contributed by atoms with Gasteiger partial charge in [0.15, 0.2) is 5.69 Å². The van der Waals surface area contributed by atoms with Crippen LogP contribution in [0.5, 0.6) is 0 Å². The minimum atomic E-state index is -5.10. The predicted molar refractivity (Wildman–Crippen MR) is 48.9 cm³/mol. The molecule has 0 aliphatic rings. The van der Waals surface area contributed by atoms with Gasteiger partial charge in [0.1, 0.15) is 0 Å². The van der Waals surface area contributed by atoms with Crippen molar-refractivity contribution in [3.63, 3.8) is 0 Å². The highest BCUT2D eigenvalue weighted by molar-refractivity contribution is 9.10. The summed E-state index contributed by atoms with van der Waals surface area (Å²) < 4.78 is 61.3. The normalized spacial score (nSPS) is 11.9. The van der Waals surface area contributed by atoms with Crippen LogP contribution in [0.4, 0.5) is 22.0 Å². The third-order valence-electron chi connectivity index (χ3n) is 1.77. The topological polar surface area (TPSA) is 50.2 Å². The Kier molecular flexibility index (Phi) is 3.70. The number of carboxylic acids is 1. The van der Waals surface area contributed by atoms with Crippen molar-refractivity contribution in [1.82, 2.24) is 4.98 Å². The Morgan fingerprint density at radius 1 is 1.41 bits per heavy atom. The number of rotatable bonds is 2. The van der Waals surface area contributed by atoms with Gasteiger partial charge in [0.05, 0.1) is 10.0 Å². The Morgan fingerprint density at radius 3 is 2.29 bits per heavy atom. The van der Waals surface area contributed by atoms with E-state index in [4.69, 9.17) is 5.11 Å². The lowest BCUT2D eigenvalue weighted by Gasteiger charge is -2.14. The van der Waals surface area contributed by atoms with Crippen LogP contribution in [0.25, 0.3) is 0 Å². The fraction of sp³-hybridized carbons (Fsp3) is 0.250. The predicted octanol–water partition coefficient (Wildman–Crippen LogP) is 3.50. The number of carbonyl (C=O) groups is 1. The van der Waals surface area contributed by atoms with E-state index in [0.717, 1.165) is 0 Å². The van der Waals surface area contributed by atoms with Crippen LogP contribution < -0.4 is 0 Å². The summed E-state index contributed by atoms with van der Waals surface area (Å²) in [7, 11) is 0. The Hall–Kier alpha value is -1.25. The monoisotopic (exact) mass is 319 g/mol. The summed E-state index contributed by atoms with van der Waals surface area (Å²) >= 11 is 2.34. The first-order valence-corrected chi connectivity index (χ1v) is 4.72. The highest BCUT2D eigenvalue weighted by atomic mass is 79.9. The molecule has 3 nitrogen and oxygen atoms in total. The number of hydrogen-bond donors (Lipinski definition) is 1.